The van der Waals surface area contributed by atoms with Crippen LogP contribution in [0.25, 0.3) is 5.65 Å². The first kappa shape index (κ1) is 16.8. The highest BCUT2D eigenvalue weighted by Crippen LogP contribution is 2.16. The number of carbonyl (C=O) groups is 1. The van der Waals surface area contributed by atoms with Crippen LogP contribution in [-0.2, 0) is 6.42 Å². The van der Waals surface area contributed by atoms with Crippen molar-refractivity contribution in [2.45, 2.75) is 26.4 Å². The number of rotatable bonds is 6. The molecule has 0 saturated carbocycles. The lowest BCUT2D eigenvalue weighted by Gasteiger charge is -2.11. The second-order valence-corrected chi connectivity index (χ2v) is 6.02. The van der Waals surface area contributed by atoms with Crippen LogP contribution in [0, 0.1) is 0 Å². The fourth-order valence-electron chi connectivity index (χ4n) is 2.48. The molecule has 0 aliphatic rings. The number of benzene rings is 1. The third kappa shape index (κ3) is 4.73. The van der Waals surface area contributed by atoms with E-state index in [9.17, 15) is 4.79 Å². The van der Waals surface area contributed by atoms with Crippen LogP contribution in [0.1, 0.15) is 19.5 Å². The molecular weight excluding hydrogens is 316 g/mol. The number of fused-ring (bicyclic) bond motifs is 1. The van der Waals surface area contributed by atoms with Crippen LogP contribution in [-0.4, -0.2) is 28.1 Å². The summed E-state index contributed by atoms with van der Waals surface area (Å²) >= 11 is 0. The zero-order chi connectivity index (χ0) is 17.6. The molecule has 6 nitrogen and oxygen atoms in total. The van der Waals surface area contributed by atoms with Gasteiger partial charge in [-0.1, -0.05) is 6.07 Å². The summed E-state index contributed by atoms with van der Waals surface area (Å²) in [6.45, 7) is 4.47. The van der Waals surface area contributed by atoms with E-state index < -0.39 is 0 Å². The molecule has 130 valence electrons. The van der Waals surface area contributed by atoms with Crippen molar-refractivity contribution < 1.29 is 9.53 Å². The Kier molecular flexibility index (Phi) is 5.18. The first-order chi connectivity index (χ1) is 12.1. The van der Waals surface area contributed by atoms with Crippen LogP contribution in [0.15, 0.2) is 54.9 Å². The Labute approximate surface area is 146 Å². The summed E-state index contributed by atoms with van der Waals surface area (Å²) in [7, 11) is 0. The van der Waals surface area contributed by atoms with E-state index in [1.165, 1.54) is 0 Å². The van der Waals surface area contributed by atoms with Gasteiger partial charge in [-0.2, -0.15) is 0 Å². The molecule has 0 saturated heterocycles. The van der Waals surface area contributed by atoms with Gasteiger partial charge in [0.15, 0.2) is 0 Å². The summed E-state index contributed by atoms with van der Waals surface area (Å²) < 4.78 is 7.54. The van der Waals surface area contributed by atoms with Gasteiger partial charge in [-0.25, -0.2) is 9.78 Å². The molecule has 0 aliphatic heterocycles. The summed E-state index contributed by atoms with van der Waals surface area (Å²) in [6, 6.07) is 13.0. The number of ether oxygens (including phenoxy) is 1. The zero-order valence-electron chi connectivity index (χ0n) is 14.4. The highest BCUT2D eigenvalue weighted by Gasteiger charge is 2.04. The van der Waals surface area contributed by atoms with Crippen LogP contribution in [0.4, 0.5) is 10.5 Å². The van der Waals surface area contributed by atoms with Crippen molar-refractivity contribution in [2.24, 2.45) is 0 Å². The number of carbonyl (C=O) groups excluding carboxylic acids is 1. The van der Waals surface area contributed by atoms with Crippen molar-refractivity contribution >= 4 is 17.4 Å². The highest BCUT2D eigenvalue weighted by atomic mass is 16.5. The van der Waals surface area contributed by atoms with Crippen LogP contribution in [0.3, 0.4) is 0 Å². The number of hydrogen-bond donors (Lipinski definition) is 2. The van der Waals surface area contributed by atoms with E-state index in [4.69, 9.17) is 4.74 Å². The van der Waals surface area contributed by atoms with E-state index in [0.717, 1.165) is 22.8 Å². The number of imidazole rings is 1. The minimum absolute atomic E-state index is 0.127. The molecular formula is C19H22N4O2. The Hall–Kier alpha value is -3.02. The highest BCUT2D eigenvalue weighted by molar-refractivity contribution is 5.89. The summed E-state index contributed by atoms with van der Waals surface area (Å²) in [5, 5.41) is 5.64. The lowest BCUT2D eigenvalue weighted by Crippen LogP contribution is -2.30. The average molecular weight is 338 g/mol. The minimum atomic E-state index is -0.235. The number of urea groups is 1. The van der Waals surface area contributed by atoms with Gasteiger partial charge < -0.3 is 19.8 Å². The normalized spacial score (nSPS) is 10.8. The predicted octanol–water partition coefficient (Wildman–Crippen LogP) is 3.49. The zero-order valence-corrected chi connectivity index (χ0v) is 14.4. The van der Waals surface area contributed by atoms with Crippen molar-refractivity contribution in [3.63, 3.8) is 0 Å². The molecule has 2 aromatic heterocycles. The molecule has 0 unspecified atom stereocenters. The molecule has 2 N–H and O–H groups in total. The van der Waals surface area contributed by atoms with Gasteiger partial charge in [0, 0.05) is 31.0 Å². The van der Waals surface area contributed by atoms with E-state index in [2.05, 4.69) is 15.6 Å². The van der Waals surface area contributed by atoms with Gasteiger partial charge >= 0.3 is 6.03 Å². The second-order valence-electron chi connectivity index (χ2n) is 6.02. The van der Waals surface area contributed by atoms with Crippen LogP contribution in [0.5, 0.6) is 5.75 Å². The molecule has 0 atom stereocenters. The Bertz CT molecular complexity index is 807. The van der Waals surface area contributed by atoms with E-state index in [0.29, 0.717) is 13.0 Å². The van der Waals surface area contributed by atoms with Crippen molar-refractivity contribution in [1.82, 2.24) is 14.7 Å². The topological polar surface area (TPSA) is 67.7 Å². The molecule has 0 aliphatic carbocycles. The number of pyridine rings is 1. The number of nitrogens with one attached hydrogen (secondary N) is 2. The summed E-state index contributed by atoms with van der Waals surface area (Å²) in [4.78, 5) is 16.5. The van der Waals surface area contributed by atoms with Gasteiger partial charge in [-0.05, 0) is 50.2 Å². The molecule has 2 heterocycles. The number of amides is 2. The minimum Gasteiger partial charge on any atom is -0.491 e. The van der Waals surface area contributed by atoms with Gasteiger partial charge in [-0.15, -0.1) is 0 Å². The number of hydrogen-bond acceptors (Lipinski definition) is 3. The summed E-state index contributed by atoms with van der Waals surface area (Å²) in [5.74, 6) is 0.785. The summed E-state index contributed by atoms with van der Waals surface area (Å²) in [6.07, 6.45) is 4.73. The first-order valence-electron chi connectivity index (χ1n) is 8.34. The Balaban J connectivity index is 1.46. The fraction of sp³-hybridized carbons (Fsp3) is 0.263. The summed E-state index contributed by atoms with van der Waals surface area (Å²) in [5.41, 5.74) is 2.58. The molecule has 3 aromatic rings. The van der Waals surface area contributed by atoms with Gasteiger partial charge in [0.1, 0.15) is 11.4 Å². The lowest BCUT2D eigenvalue weighted by molar-refractivity contribution is 0.242. The Morgan fingerprint density at radius 3 is 2.72 bits per heavy atom. The van der Waals surface area contributed by atoms with Crippen LogP contribution < -0.4 is 15.4 Å². The third-order valence-electron chi connectivity index (χ3n) is 3.56. The van der Waals surface area contributed by atoms with E-state index >= 15 is 0 Å². The monoisotopic (exact) mass is 338 g/mol. The maximum Gasteiger partial charge on any atom is 0.319 e. The van der Waals surface area contributed by atoms with Gasteiger partial charge in [-0.3, -0.25) is 0 Å². The first-order valence-corrected chi connectivity index (χ1v) is 8.34. The van der Waals surface area contributed by atoms with Crippen molar-refractivity contribution in [2.75, 3.05) is 11.9 Å². The average Bonchev–Trinajstić information content (AvgIpc) is 2.99. The van der Waals surface area contributed by atoms with Crippen molar-refractivity contribution in [1.29, 1.82) is 0 Å². The maximum atomic E-state index is 12.0. The van der Waals surface area contributed by atoms with Crippen LogP contribution >= 0.6 is 0 Å². The smallest absolute Gasteiger partial charge is 0.319 e. The predicted molar refractivity (Wildman–Crippen MR) is 98.1 cm³/mol. The maximum absolute atomic E-state index is 12.0. The Morgan fingerprint density at radius 2 is 2.00 bits per heavy atom. The van der Waals surface area contributed by atoms with Crippen molar-refractivity contribution in [3.05, 3.63) is 60.6 Å². The van der Waals surface area contributed by atoms with Gasteiger partial charge in [0.05, 0.1) is 11.8 Å². The molecule has 2 amide bonds. The largest absolute Gasteiger partial charge is 0.491 e. The van der Waals surface area contributed by atoms with E-state index in [1.54, 1.807) is 0 Å². The van der Waals surface area contributed by atoms with Gasteiger partial charge in [0.25, 0.3) is 0 Å². The van der Waals surface area contributed by atoms with Crippen molar-refractivity contribution in [3.8, 4) is 5.75 Å². The molecule has 25 heavy (non-hydrogen) atoms. The molecule has 0 bridgehead atoms. The van der Waals surface area contributed by atoms with E-state index in [1.807, 2.05) is 73.1 Å². The lowest BCUT2D eigenvalue weighted by atomic mass is 10.3. The standard InChI is InChI=1S/C19H22N4O2/c1-14(2)25-17-8-6-15(7-9-17)22-19(24)20-11-10-16-13-23-12-4-3-5-18(23)21-16/h3-9,12-14H,10-11H2,1-2H3,(H2,20,22,24). The van der Waals surface area contributed by atoms with E-state index in [-0.39, 0.29) is 12.1 Å². The number of aromatic nitrogens is 2. The molecule has 0 radical (unpaired) electrons. The fourth-order valence-corrected chi connectivity index (χ4v) is 2.48. The molecule has 1 aromatic carbocycles. The number of nitrogens with zero attached hydrogens (tertiary/aromatic N) is 2. The molecule has 6 heteroatoms. The second kappa shape index (κ2) is 7.70. The number of anilines is 1. The third-order valence-corrected chi connectivity index (χ3v) is 3.56. The SMILES string of the molecule is CC(C)Oc1ccc(NC(=O)NCCc2cn3ccccc3n2)cc1. The quantitative estimate of drug-likeness (QED) is 0.723. The molecule has 3 rings (SSSR count). The molecule has 0 fully saturated rings. The molecule has 0 spiro atoms. The Morgan fingerprint density at radius 1 is 1.20 bits per heavy atom. The van der Waals surface area contributed by atoms with Gasteiger partial charge in [0.2, 0.25) is 0 Å². The van der Waals surface area contributed by atoms with Crippen LogP contribution in [0.2, 0.25) is 0 Å².